The summed E-state index contributed by atoms with van der Waals surface area (Å²) in [5, 5.41) is 10.2. The first-order valence-electron chi connectivity index (χ1n) is 6.06. The van der Waals surface area contributed by atoms with Gasteiger partial charge in [0.05, 0.1) is 16.8 Å². The van der Waals surface area contributed by atoms with Crippen molar-refractivity contribution in [3.63, 3.8) is 0 Å². The summed E-state index contributed by atoms with van der Waals surface area (Å²) in [7, 11) is 0. The lowest BCUT2D eigenvalue weighted by Crippen LogP contribution is -2.48. The van der Waals surface area contributed by atoms with E-state index in [0.29, 0.717) is 0 Å². The minimum atomic E-state index is -0.248. The Hall–Kier alpha value is -0.770. The van der Waals surface area contributed by atoms with Crippen LogP contribution in [0.5, 0.6) is 0 Å². The average molecular weight is 255 g/mol. The molecule has 1 heterocycles. The zero-order valence-corrected chi connectivity index (χ0v) is 10.9. The zero-order chi connectivity index (χ0) is 12.3. The summed E-state index contributed by atoms with van der Waals surface area (Å²) in [4.78, 5) is 4.60. The molecule has 0 radical (unpaired) electrons. The first kappa shape index (κ1) is 12.7. The fourth-order valence-electron chi connectivity index (χ4n) is 2.25. The molecule has 1 atom stereocenters. The summed E-state index contributed by atoms with van der Waals surface area (Å²) in [6.07, 6.45) is -0.248. The molecule has 1 aromatic rings. The fraction of sp³-hybridized carbons (Fsp3) is 0.538. The molecular formula is C13H19ClN2O. The van der Waals surface area contributed by atoms with Gasteiger partial charge in [-0.3, -0.25) is 4.90 Å². The van der Waals surface area contributed by atoms with Crippen LogP contribution in [0.2, 0.25) is 5.02 Å². The van der Waals surface area contributed by atoms with E-state index in [1.54, 1.807) is 0 Å². The van der Waals surface area contributed by atoms with Gasteiger partial charge in [-0.15, -0.1) is 0 Å². The summed E-state index contributed by atoms with van der Waals surface area (Å²) in [5.41, 5.74) is 1.12. The third-order valence-corrected chi connectivity index (χ3v) is 3.41. The van der Waals surface area contributed by atoms with Crippen molar-refractivity contribution in [3.8, 4) is 0 Å². The van der Waals surface area contributed by atoms with Gasteiger partial charge in [0.25, 0.3) is 0 Å². The number of hydrogen-bond acceptors (Lipinski definition) is 3. The van der Waals surface area contributed by atoms with E-state index in [-0.39, 0.29) is 6.10 Å². The van der Waals surface area contributed by atoms with Crippen molar-refractivity contribution < 1.29 is 5.11 Å². The molecule has 1 fully saturated rings. The van der Waals surface area contributed by atoms with Gasteiger partial charge >= 0.3 is 0 Å². The molecule has 94 valence electrons. The maximum Gasteiger partial charge on any atom is 0.0639 e. The average Bonchev–Trinajstić information content (AvgIpc) is 2.30. The molecule has 4 heteroatoms. The maximum absolute atomic E-state index is 9.36. The van der Waals surface area contributed by atoms with E-state index < -0.39 is 0 Å². The van der Waals surface area contributed by atoms with Crippen molar-refractivity contribution in [2.75, 3.05) is 37.6 Å². The van der Waals surface area contributed by atoms with Crippen LogP contribution in [0.1, 0.15) is 6.92 Å². The number of nitrogens with zero attached hydrogens (tertiary/aromatic N) is 2. The van der Waals surface area contributed by atoms with Crippen LogP contribution in [-0.4, -0.2) is 48.8 Å². The third kappa shape index (κ3) is 3.35. The standard InChI is InChI=1S/C13H19ClN2O/c1-11(17)10-15-6-8-16(9-7-15)13-5-3-2-4-12(13)14/h2-5,11,17H,6-10H2,1H3/t11-/m0/s1. The van der Waals surface area contributed by atoms with E-state index in [0.717, 1.165) is 43.4 Å². The van der Waals surface area contributed by atoms with Crippen LogP contribution in [0.4, 0.5) is 5.69 Å². The first-order valence-corrected chi connectivity index (χ1v) is 6.44. The largest absolute Gasteiger partial charge is 0.392 e. The van der Waals surface area contributed by atoms with Gasteiger partial charge in [-0.1, -0.05) is 23.7 Å². The predicted octanol–water partition coefficient (Wildman–Crippen LogP) is 1.84. The van der Waals surface area contributed by atoms with Crippen molar-refractivity contribution >= 4 is 17.3 Å². The second-order valence-corrected chi connectivity index (χ2v) is 5.00. The number of para-hydroxylation sites is 1. The van der Waals surface area contributed by atoms with Crippen molar-refractivity contribution in [3.05, 3.63) is 29.3 Å². The number of hydrogen-bond donors (Lipinski definition) is 1. The molecule has 0 bridgehead atoms. The van der Waals surface area contributed by atoms with Gasteiger partial charge < -0.3 is 10.0 Å². The minimum Gasteiger partial charge on any atom is -0.392 e. The van der Waals surface area contributed by atoms with Gasteiger partial charge in [0.1, 0.15) is 0 Å². The molecule has 17 heavy (non-hydrogen) atoms. The summed E-state index contributed by atoms with van der Waals surface area (Å²) in [6.45, 7) is 6.50. The van der Waals surface area contributed by atoms with Crippen molar-refractivity contribution in [1.29, 1.82) is 0 Å². The maximum atomic E-state index is 9.36. The summed E-state index contributed by atoms with van der Waals surface area (Å²) >= 11 is 6.18. The molecule has 0 unspecified atom stereocenters. The predicted molar refractivity (Wildman–Crippen MR) is 71.8 cm³/mol. The Morgan fingerprint density at radius 1 is 1.24 bits per heavy atom. The van der Waals surface area contributed by atoms with Crippen LogP contribution in [0.15, 0.2) is 24.3 Å². The number of anilines is 1. The highest BCUT2D eigenvalue weighted by molar-refractivity contribution is 6.33. The number of halogens is 1. The summed E-state index contributed by atoms with van der Waals surface area (Å²) < 4.78 is 0. The van der Waals surface area contributed by atoms with Crippen LogP contribution in [0, 0.1) is 0 Å². The molecule has 1 N–H and O–H groups in total. The monoisotopic (exact) mass is 254 g/mol. The molecule has 1 aliphatic heterocycles. The molecule has 0 spiro atoms. The van der Waals surface area contributed by atoms with Crippen LogP contribution < -0.4 is 4.90 Å². The van der Waals surface area contributed by atoms with Crippen LogP contribution >= 0.6 is 11.6 Å². The van der Waals surface area contributed by atoms with E-state index in [9.17, 15) is 5.11 Å². The van der Waals surface area contributed by atoms with Gasteiger partial charge in [0, 0.05) is 32.7 Å². The Morgan fingerprint density at radius 2 is 1.88 bits per heavy atom. The van der Waals surface area contributed by atoms with Crippen molar-refractivity contribution in [2.24, 2.45) is 0 Å². The highest BCUT2D eigenvalue weighted by Gasteiger charge is 2.19. The molecule has 2 rings (SSSR count). The molecular weight excluding hydrogens is 236 g/mol. The second-order valence-electron chi connectivity index (χ2n) is 4.59. The van der Waals surface area contributed by atoms with Crippen LogP contribution in [0.3, 0.4) is 0 Å². The SMILES string of the molecule is C[C@H](O)CN1CCN(c2ccccc2Cl)CC1. The van der Waals surface area contributed by atoms with Gasteiger partial charge in [-0.25, -0.2) is 0 Å². The number of β-amino-alcohol motifs (C(OH)–C–C–N with tert-alkyl or cyclic N) is 1. The van der Waals surface area contributed by atoms with Gasteiger partial charge in [0.2, 0.25) is 0 Å². The van der Waals surface area contributed by atoms with E-state index in [1.807, 2.05) is 25.1 Å². The molecule has 1 aliphatic rings. The minimum absolute atomic E-state index is 0.248. The Morgan fingerprint density at radius 3 is 2.47 bits per heavy atom. The Kier molecular flexibility index (Phi) is 4.26. The van der Waals surface area contributed by atoms with E-state index in [2.05, 4.69) is 15.9 Å². The number of piperazine rings is 1. The van der Waals surface area contributed by atoms with Crippen LogP contribution in [0.25, 0.3) is 0 Å². The lowest BCUT2D eigenvalue weighted by atomic mass is 10.2. The molecule has 1 aromatic carbocycles. The molecule has 0 amide bonds. The normalized spacial score (nSPS) is 19.4. The Bertz CT molecular complexity index is 362. The molecule has 0 aliphatic carbocycles. The topological polar surface area (TPSA) is 26.7 Å². The fourth-order valence-corrected chi connectivity index (χ4v) is 2.51. The zero-order valence-electron chi connectivity index (χ0n) is 10.1. The Balaban J connectivity index is 1.93. The number of rotatable bonds is 3. The first-order chi connectivity index (χ1) is 8.16. The van der Waals surface area contributed by atoms with E-state index in [4.69, 9.17) is 11.6 Å². The molecule has 0 saturated carbocycles. The summed E-state index contributed by atoms with van der Waals surface area (Å²) in [5.74, 6) is 0. The highest BCUT2D eigenvalue weighted by Crippen LogP contribution is 2.25. The lowest BCUT2D eigenvalue weighted by molar-refractivity contribution is 0.123. The lowest BCUT2D eigenvalue weighted by Gasteiger charge is -2.36. The smallest absolute Gasteiger partial charge is 0.0639 e. The van der Waals surface area contributed by atoms with Crippen molar-refractivity contribution in [2.45, 2.75) is 13.0 Å². The summed E-state index contributed by atoms with van der Waals surface area (Å²) in [6, 6.07) is 7.96. The van der Waals surface area contributed by atoms with Gasteiger partial charge in [-0.2, -0.15) is 0 Å². The van der Waals surface area contributed by atoms with Crippen LogP contribution in [-0.2, 0) is 0 Å². The van der Waals surface area contributed by atoms with Gasteiger partial charge in [0.15, 0.2) is 0 Å². The number of aliphatic hydroxyl groups excluding tert-OH is 1. The molecule has 3 nitrogen and oxygen atoms in total. The quantitative estimate of drug-likeness (QED) is 0.892. The Labute approximate surface area is 108 Å². The number of benzene rings is 1. The van der Waals surface area contributed by atoms with E-state index in [1.165, 1.54) is 0 Å². The number of aliphatic hydroxyl groups is 1. The molecule has 1 saturated heterocycles. The highest BCUT2D eigenvalue weighted by atomic mass is 35.5. The second kappa shape index (κ2) is 5.71. The molecule has 0 aromatic heterocycles. The van der Waals surface area contributed by atoms with Crippen molar-refractivity contribution in [1.82, 2.24) is 4.90 Å². The van der Waals surface area contributed by atoms with E-state index >= 15 is 0 Å². The third-order valence-electron chi connectivity index (χ3n) is 3.09. The van der Waals surface area contributed by atoms with Gasteiger partial charge in [-0.05, 0) is 19.1 Å².